The number of aryl methyl sites for hydroxylation is 1. The third-order valence-electron chi connectivity index (χ3n) is 5.65. The average molecular weight is 425 g/mol. The molecule has 1 heterocycles. The van der Waals surface area contributed by atoms with E-state index in [2.05, 4.69) is 11.1 Å². The van der Waals surface area contributed by atoms with Crippen LogP contribution in [0.4, 0.5) is 13.2 Å². The molecule has 1 atom stereocenters. The standard InChI is InChI=1S/C25H22F3NO2/c1-2-31-24(30)22-14-20(25(26,27)28)13-18-10-9-17(23(18)22)7-3-5-16-6-4-8-19-15-29-12-11-21(16)19/h4,6,8-15,17H,2-3,5,7H2,1H3. The van der Waals surface area contributed by atoms with Gasteiger partial charge in [0.2, 0.25) is 0 Å². The minimum atomic E-state index is -4.52. The second kappa shape index (κ2) is 8.53. The Morgan fingerprint density at radius 2 is 2.03 bits per heavy atom. The van der Waals surface area contributed by atoms with Crippen LogP contribution < -0.4 is 0 Å². The molecule has 0 spiro atoms. The molecule has 160 valence electrons. The summed E-state index contributed by atoms with van der Waals surface area (Å²) in [6, 6.07) is 10.1. The van der Waals surface area contributed by atoms with E-state index in [-0.39, 0.29) is 18.1 Å². The highest BCUT2D eigenvalue weighted by molar-refractivity contribution is 5.94. The maximum absolute atomic E-state index is 13.3. The van der Waals surface area contributed by atoms with E-state index in [1.807, 2.05) is 30.5 Å². The van der Waals surface area contributed by atoms with Crippen molar-refractivity contribution in [1.82, 2.24) is 4.98 Å². The average Bonchev–Trinajstić information content (AvgIpc) is 3.16. The molecule has 1 unspecified atom stereocenters. The molecule has 1 aliphatic carbocycles. The quantitative estimate of drug-likeness (QED) is 0.420. The van der Waals surface area contributed by atoms with Crippen LogP contribution in [-0.2, 0) is 17.3 Å². The fourth-order valence-corrected chi connectivity index (χ4v) is 4.25. The number of esters is 1. The number of rotatable bonds is 6. The number of hydrogen-bond donors (Lipinski definition) is 0. The monoisotopic (exact) mass is 425 g/mol. The molecule has 31 heavy (non-hydrogen) atoms. The number of carbonyl (C=O) groups is 1. The highest BCUT2D eigenvalue weighted by atomic mass is 19.4. The van der Waals surface area contributed by atoms with E-state index in [0.717, 1.165) is 42.2 Å². The van der Waals surface area contributed by atoms with E-state index in [1.54, 1.807) is 19.2 Å². The summed E-state index contributed by atoms with van der Waals surface area (Å²) in [5, 5.41) is 2.23. The zero-order valence-corrected chi connectivity index (χ0v) is 17.1. The summed E-state index contributed by atoms with van der Waals surface area (Å²) >= 11 is 0. The Morgan fingerprint density at radius 1 is 1.19 bits per heavy atom. The number of carbonyl (C=O) groups excluding carboxylic acids is 1. The van der Waals surface area contributed by atoms with Crippen LogP contribution in [0.1, 0.15) is 58.3 Å². The Kier molecular flexibility index (Phi) is 5.81. The van der Waals surface area contributed by atoms with Crippen molar-refractivity contribution in [3.63, 3.8) is 0 Å². The van der Waals surface area contributed by atoms with Gasteiger partial charge in [0.25, 0.3) is 0 Å². The van der Waals surface area contributed by atoms with Gasteiger partial charge >= 0.3 is 12.1 Å². The van der Waals surface area contributed by atoms with Crippen LogP contribution in [0.25, 0.3) is 16.8 Å². The maximum Gasteiger partial charge on any atom is 0.416 e. The van der Waals surface area contributed by atoms with Gasteiger partial charge in [0.15, 0.2) is 0 Å². The smallest absolute Gasteiger partial charge is 0.416 e. The summed E-state index contributed by atoms with van der Waals surface area (Å²) in [6.07, 6.45) is 5.04. The van der Waals surface area contributed by atoms with Crippen LogP contribution >= 0.6 is 0 Å². The van der Waals surface area contributed by atoms with E-state index in [9.17, 15) is 18.0 Å². The van der Waals surface area contributed by atoms with E-state index in [4.69, 9.17) is 4.74 Å². The van der Waals surface area contributed by atoms with Crippen LogP contribution in [-0.4, -0.2) is 17.6 Å². The number of fused-ring (bicyclic) bond motifs is 2. The lowest BCUT2D eigenvalue weighted by atomic mass is 9.89. The fraction of sp³-hybridized carbons (Fsp3) is 0.280. The molecule has 0 fully saturated rings. The van der Waals surface area contributed by atoms with Gasteiger partial charge in [-0.05, 0) is 66.5 Å². The number of aromatic nitrogens is 1. The van der Waals surface area contributed by atoms with Crippen molar-refractivity contribution in [3.05, 3.63) is 82.7 Å². The van der Waals surface area contributed by atoms with Crippen LogP contribution in [0.2, 0.25) is 0 Å². The summed E-state index contributed by atoms with van der Waals surface area (Å²) in [5.41, 5.74) is 1.47. The van der Waals surface area contributed by atoms with Crippen molar-refractivity contribution in [3.8, 4) is 0 Å². The molecular formula is C25H22F3NO2. The molecule has 2 aromatic carbocycles. The van der Waals surface area contributed by atoms with Crippen LogP contribution in [0.5, 0.6) is 0 Å². The third kappa shape index (κ3) is 4.33. The zero-order chi connectivity index (χ0) is 22.0. The maximum atomic E-state index is 13.3. The van der Waals surface area contributed by atoms with Crippen molar-refractivity contribution in [2.75, 3.05) is 6.61 Å². The molecule has 3 aromatic rings. The molecule has 4 rings (SSSR count). The molecule has 1 aromatic heterocycles. The molecule has 6 heteroatoms. The van der Waals surface area contributed by atoms with Crippen molar-refractivity contribution in [2.45, 2.75) is 38.3 Å². The SMILES string of the molecule is CCOC(=O)c1cc(C(F)(F)F)cc2c1C(CCCc1cccc3cnccc13)C=C2. The number of allylic oxidation sites excluding steroid dienone is 1. The first-order valence-electron chi connectivity index (χ1n) is 10.3. The van der Waals surface area contributed by atoms with Gasteiger partial charge in [0, 0.05) is 23.7 Å². The number of pyridine rings is 1. The highest BCUT2D eigenvalue weighted by Crippen LogP contribution is 2.41. The second-order valence-electron chi connectivity index (χ2n) is 7.62. The van der Waals surface area contributed by atoms with Gasteiger partial charge in [-0.25, -0.2) is 4.79 Å². The predicted octanol–water partition coefficient (Wildman–Crippen LogP) is 6.56. The molecule has 3 nitrogen and oxygen atoms in total. The number of nitrogens with zero attached hydrogens (tertiary/aromatic N) is 1. The summed E-state index contributed by atoms with van der Waals surface area (Å²) in [5.74, 6) is -0.826. The zero-order valence-electron chi connectivity index (χ0n) is 17.1. The molecular weight excluding hydrogens is 403 g/mol. The van der Waals surface area contributed by atoms with Gasteiger partial charge in [0.05, 0.1) is 17.7 Å². The molecule has 0 N–H and O–H groups in total. The van der Waals surface area contributed by atoms with Gasteiger partial charge in [-0.3, -0.25) is 4.98 Å². The van der Waals surface area contributed by atoms with Gasteiger partial charge in [0.1, 0.15) is 0 Å². The normalized spacial score (nSPS) is 15.3. The Hall–Kier alpha value is -3.15. The summed E-state index contributed by atoms with van der Waals surface area (Å²) in [6.45, 7) is 1.75. The number of alkyl halides is 3. The molecule has 0 aliphatic heterocycles. The minimum absolute atomic E-state index is 0.0120. The van der Waals surface area contributed by atoms with Crippen molar-refractivity contribution < 1.29 is 22.7 Å². The lowest BCUT2D eigenvalue weighted by Crippen LogP contribution is -2.14. The van der Waals surface area contributed by atoms with E-state index >= 15 is 0 Å². The Morgan fingerprint density at radius 3 is 2.81 bits per heavy atom. The summed E-state index contributed by atoms with van der Waals surface area (Å²) < 4.78 is 45.0. The second-order valence-corrected chi connectivity index (χ2v) is 7.62. The van der Waals surface area contributed by atoms with Crippen molar-refractivity contribution in [1.29, 1.82) is 0 Å². The first-order valence-corrected chi connectivity index (χ1v) is 10.3. The Balaban J connectivity index is 1.57. The van der Waals surface area contributed by atoms with Crippen molar-refractivity contribution in [2.24, 2.45) is 0 Å². The van der Waals surface area contributed by atoms with Crippen LogP contribution in [0, 0.1) is 0 Å². The first-order chi connectivity index (χ1) is 14.9. The summed E-state index contributed by atoms with van der Waals surface area (Å²) in [4.78, 5) is 16.6. The molecule has 1 aliphatic rings. The minimum Gasteiger partial charge on any atom is -0.462 e. The number of halogens is 3. The lowest BCUT2D eigenvalue weighted by molar-refractivity contribution is -0.137. The summed E-state index contributed by atoms with van der Waals surface area (Å²) in [7, 11) is 0. The number of benzene rings is 2. The Labute approximate surface area is 178 Å². The fourth-order valence-electron chi connectivity index (χ4n) is 4.25. The first kappa shape index (κ1) is 21.1. The van der Waals surface area contributed by atoms with Gasteiger partial charge in [-0.15, -0.1) is 0 Å². The highest BCUT2D eigenvalue weighted by Gasteiger charge is 2.35. The van der Waals surface area contributed by atoms with Gasteiger partial charge < -0.3 is 4.74 Å². The van der Waals surface area contributed by atoms with E-state index in [1.165, 1.54) is 5.56 Å². The van der Waals surface area contributed by atoms with E-state index in [0.29, 0.717) is 11.1 Å². The van der Waals surface area contributed by atoms with Crippen molar-refractivity contribution >= 4 is 22.8 Å². The molecule has 0 radical (unpaired) electrons. The molecule has 0 amide bonds. The third-order valence-corrected chi connectivity index (χ3v) is 5.65. The Bertz CT molecular complexity index is 1150. The molecule has 0 bridgehead atoms. The molecule has 0 saturated heterocycles. The number of hydrogen-bond acceptors (Lipinski definition) is 3. The lowest BCUT2D eigenvalue weighted by Gasteiger charge is -2.18. The topological polar surface area (TPSA) is 39.2 Å². The van der Waals surface area contributed by atoms with Crippen LogP contribution in [0.15, 0.2) is 54.9 Å². The largest absolute Gasteiger partial charge is 0.462 e. The van der Waals surface area contributed by atoms with Crippen LogP contribution in [0.3, 0.4) is 0 Å². The van der Waals surface area contributed by atoms with Gasteiger partial charge in [-0.2, -0.15) is 13.2 Å². The molecule has 0 saturated carbocycles. The predicted molar refractivity (Wildman–Crippen MR) is 114 cm³/mol. The number of ether oxygens (including phenoxy) is 1. The van der Waals surface area contributed by atoms with E-state index < -0.39 is 17.7 Å². The van der Waals surface area contributed by atoms with Gasteiger partial charge in [-0.1, -0.05) is 30.4 Å².